The summed E-state index contributed by atoms with van der Waals surface area (Å²) in [6.45, 7) is 1.86. The summed E-state index contributed by atoms with van der Waals surface area (Å²) in [7, 11) is 0. The van der Waals surface area contributed by atoms with Gasteiger partial charge in [-0.15, -0.1) is 0 Å². The summed E-state index contributed by atoms with van der Waals surface area (Å²) in [5, 5.41) is 13.2. The Hall–Kier alpha value is -1.49. The van der Waals surface area contributed by atoms with Crippen molar-refractivity contribution < 1.29 is 9.90 Å². The maximum Gasteiger partial charge on any atom is 0.337 e. The maximum atomic E-state index is 11.0. The van der Waals surface area contributed by atoms with Gasteiger partial charge < -0.3 is 10.4 Å². The second kappa shape index (κ2) is 6.52. The molecule has 110 valence electrons. The summed E-state index contributed by atoms with van der Waals surface area (Å²) in [5.74, 6) is -0.822. The molecule has 0 spiro atoms. The number of aromatic carboxylic acids is 1. The van der Waals surface area contributed by atoms with E-state index in [1.54, 1.807) is 18.2 Å². The Morgan fingerprint density at radius 1 is 1.29 bits per heavy atom. The number of nitrogens with zero attached hydrogens (tertiary/aromatic N) is 1. The van der Waals surface area contributed by atoms with Crippen LogP contribution in [0.4, 0.5) is 5.82 Å². The van der Waals surface area contributed by atoms with E-state index in [0.29, 0.717) is 10.0 Å². The van der Waals surface area contributed by atoms with Crippen LogP contribution < -0.4 is 5.32 Å². The molecule has 0 amide bonds. The number of hydrogen-bond acceptors (Lipinski definition) is 3. The predicted molar refractivity (Wildman–Crippen MR) is 84.7 cm³/mol. The number of hydrogen-bond donors (Lipinski definition) is 2. The summed E-state index contributed by atoms with van der Waals surface area (Å²) in [6.07, 6.45) is 1.38. The van der Waals surface area contributed by atoms with Crippen LogP contribution in [0, 0.1) is 0 Å². The SMILES string of the molecule is CC(Nc1nccc(C(=O)O)c1Cl)c1ccc(Cl)cc1Cl. The van der Waals surface area contributed by atoms with Crippen LogP contribution >= 0.6 is 34.8 Å². The van der Waals surface area contributed by atoms with Gasteiger partial charge in [0, 0.05) is 16.2 Å². The second-order valence-corrected chi connectivity index (χ2v) is 5.58. The van der Waals surface area contributed by atoms with Gasteiger partial charge in [-0.1, -0.05) is 40.9 Å². The van der Waals surface area contributed by atoms with E-state index >= 15 is 0 Å². The minimum atomic E-state index is -1.11. The van der Waals surface area contributed by atoms with Crippen molar-refractivity contribution >= 4 is 46.6 Å². The third-order valence-electron chi connectivity index (χ3n) is 2.90. The molecule has 0 aliphatic heterocycles. The van der Waals surface area contributed by atoms with E-state index in [2.05, 4.69) is 10.3 Å². The number of pyridine rings is 1. The predicted octanol–water partition coefficient (Wildman–Crippen LogP) is 4.91. The van der Waals surface area contributed by atoms with Crippen LogP contribution in [-0.4, -0.2) is 16.1 Å². The van der Waals surface area contributed by atoms with Crippen molar-refractivity contribution in [3.05, 3.63) is 56.7 Å². The smallest absolute Gasteiger partial charge is 0.337 e. The van der Waals surface area contributed by atoms with Crippen LogP contribution in [0.2, 0.25) is 15.1 Å². The van der Waals surface area contributed by atoms with Crippen molar-refractivity contribution in [1.29, 1.82) is 0 Å². The molecule has 0 aliphatic rings. The fraction of sp³-hybridized carbons (Fsp3) is 0.143. The molecule has 0 aliphatic carbocycles. The minimum Gasteiger partial charge on any atom is -0.478 e. The van der Waals surface area contributed by atoms with E-state index in [1.807, 2.05) is 6.92 Å². The van der Waals surface area contributed by atoms with Crippen molar-refractivity contribution in [2.45, 2.75) is 13.0 Å². The summed E-state index contributed by atoms with van der Waals surface area (Å²) < 4.78 is 0. The van der Waals surface area contributed by atoms with Gasteiger partial charge >= 0.3 is 5.97 Å². The molecule has 0 radical (unpaired) electrons. The van der Waals surface area contributed by atoms with Crippen LogP contribution in [0.25, 0.3) is 0 Å². The zero-order chi connectivity index (χ0) is 15.6. The third kappa shape index (κ3) is 3.59. The molecular weight excluding hydrogens is 335 g/mol. The molecule has 0 saturated carbocycles. The first-order chi connectivity index (χ1) is 9.90. The average Bonchev–Trinajstić information content (AvgIpc) is 2.40. The highest BCUT2D eigenvalue weighted by Gasteiger charge is 2.16. The van der Waals surface area contributed by atoms with Gasteiger partial charge in [0.1, 0.15) is 5.82 Å². The largest absolute Gasteiger partial charge is 0.478 e. The van der Waals surface area contributed by atoms with E-state index in [4.69, 9.17) is 39.9 Å². The summed E-state index contributed by atoms with van der Waals surface area (Å²) in [4.78, 5) is 15.1. The molecule has 1 heterocycles. The fourth-order valence-corrected chi connectivity index (χ4v) is 2.66. The Morgan fingerprint density at radius 3 is 2.62 bits per heavy atom. The number of carboxylic acid groups (broad SMARTS) is 1. The standard InChI is InChI=1S/C14H11Cl3N2O2/c1-7(9-3-2-8(15)6-11(9)16)19-13-12(17)10(14(20)21)4-5-18-13/h2-7H,1H3,(H,18,19)(H,20,21). The number of benzene rings is 1. The van der Waals surface area contributed by atoms with Gasteiger partial charge in [-0.3, -0.25) is 0 Å². The van der Waals surface area contributed by atoms with Crippen molar-refractivity contribution in [3.63, 3.8) is 0 Å². The first-order valence-electron chi connectivity index (χ1n) is 5.99. The van der Waals surface area contributed by atoms with Crippen molar-refractivity contribution in [3.8, 4) is 0 Å². The number of carboxylic acids is 1. The van der Waals surface area contributed by atoms with E-state index in [9.17, 15) is 4.79 Å². The van der Waals surface area contributed by atoms with Crippen LogP contribution in [0.3, 0.4) is 0 Å². The number of rotatable bonds is 4. The quantitative estimate of drug-likeness (QED) is 0.826. The molecule has 0 saturated heterocycles. The van der Waals surface area contributed by atoms with Gasteiger partial charge in [-0.25, -0.2) is 9.78 Å². The van der Waals surface area contributed by atoms with Gasteiger partial charge in [-0.2, -0.15) is 0 Å². The normalized spacial score (nSPS) is 12.0. The van der Waals surface area contributed by atoms with Crippen LogP contribution in [0.5, 0.6) is 0 Å². The molecule has 2 N–H and O–H groups in total. The highest BCUT2D eigenvalue weighted by Crippen LogP contribution is 2.31. The Balaban J connectivity index is 2.29. The Labute approximate surface area is 136 Å². The average molecular weight is 346 g/mol. The lowest BCUT2D eigenvalue weighted by Gasteiger charge is -2.17. The molecule has 2 aromatic rings. The lowest BCUT2D eigenvalue weighted by atomic mass is 10.1. The van der Waals surface area contributed by atoms with E-state index in [1.165, 1.54) is 12.3 Å². The number of carbonyl (C=O) groups is 1. The molecular formula is C14H11Cl3N2O2. The molecule has 21 heavy (non-hydrogen) atoms. The van der Waals surface area contributed by atoms with Gasteiger partial charge in [0.15, 0.2) is 0 Å². The van der Waals surface area contributed by atoms with Gasteiger partial charge in [-0.05, 0) is 30.7 Å². The Morgan fingerprint density at radius 2 is 2.00 bits per heavy atom. The van der Waals surface area contributed by atoms with Crippen molar-refractivity contribution in [2.24, 2.45) is 0 Å². The van der Waals surface area contributed by atoms with Crippen molar-refractivity contribution in [2.75, 3.05) is 5.32 Å². The van der Waals surface area contributed by atoms with Crippen LogP contribution in [-0.2, 0) is 0 Å². The molecule has 1 atom stereocenters. The highest BCUT2D eigenvalue weighted by atomic mass is 35.5. The summed E-state index contributed by atoms with van der Waals surface area (Å²) >= 11 is 18.0. The topological polar surface area (TPSA) is 62.2 Å². The zero-order valence-corrected chi connectivity index (χ0v) is 13.2. The fourth-order valence-electron chi connectivity index (χ4n) is 1.85. The highest BCUT2D eigenvalue weighted by molar-refractivity contribution is 6.36. The molecule has 1 aromatic heterocycles. The van der Waals surface area contributed by atoms with Crippen LogP contribution in [0.1, 0.15) is 28.9 Å². The number of halogens is 3. The summed E-state index contributed by atoms with van der Waals surface area (Å²) in [6, 6.07) is 6.28. The molecule has 0 fully saturated rings. The molecule has 0 bridgehead atoms. The first-order valence-corrected chi connectivity index (χ1v) is 7.13. The van der Waals surface area contributed by atoms with Gasteiger partial charge in [0.05, 0.1) is 16.6 Å². The third-order valence-corrected chi connectivity index (χ3v) is 3.85. The number of anilines is 1. The summed E-state index contributed by atoms with van der Waals surface area (Å²) in [5.41, 5.74) is 0.795. The number of aromatic nitrogens is 1. The lowest BCUT2D eigenvalue weighted by Crippen LogP contribution is -2.10. The van der Waals surface area contributed by atoms with Crippen LogP contribution in [0.15, 0.2) is 30.5 Å². The monoisotopic (exact) mass is 344 g/mol. The van der Waals surface area contributed by atoms with E-state index in [0.717, 1.165) is 5.56 Å². The molecule has 4 nitrogen and oxygen atoms in total. The molecule has 7 heteroatoms. The first kappa shape index (κ1) is 15.9. The molecule has 2 rings (SSSR count). The lowest BCUT2D eigenvalue weighted by molar-refractivity contribution is 0.0697. The minimum absolute atomic E-state index is 0.0106. The second-order valence-electron chi connectivity index (χ2n) is 4.36. The van der Waals surface area contributed by atoms with Crippen molar-refractivity contribution in [1.82, 2.24) is 4.98 Å². The zero-order valence-electron chi connectivity index (χ0n) is 10.9. The van der Waals surface area contributed by atoms with E-state index in [-0.39, 0.29) is 22.4 Å². The Bertz CT molecular complexity index is 692. The Kier molecular flexibility index (Phi) is 4.93. The molecule has 1 unspecified atom stereocenters. The van der Waals surface area contributed by atoms with E-state index < -0.39 is 5.97 Å². The maximum absolute atomic E-state index is 11.0. The van der Waals surface area contributed by atoms with Gasteiger partial charge in [0.2, 0.25) is 0 Å². The van der Waals surface area contributed by atoms with Gasteiger partial charge in [0.25, 0.3) is 0 Å². The molecule has 1 aromatic carbocycles. The number of nitrogens with one attached hydrogen (secondary N) is 1.